The van der Waals surface area contributed by atoms with E-state index in [1.807, 2.05) is 13.8 Å². The molecule has 0 aromatic carbocycles. The van der Waals surface area contributed by atoms with E-state index >= 15 is 0 Å². The molecule has 0 aliphatic carbocycles. The molecule has 116 valence electrons. The Labute approximate surface area is 119 Å². The van der Waals surface area contributed by atoms with Crippen LogP contribution in [-0.4, -0.2) is 49.1 Å². The van der Waals surface area contributed by atoms with Crippen LogP contribution < -0.4 is 10.6 Å². The molecule has 2 atom stereocenters. The van der Waals surface area contributed by atoms with Crippen molar-refractivity contribution in [1.29, 1.82) is 0 Å². The average molecular weight is 306 g/mol. The smallest absolute Gasteiger partial charge is 0.326 e. The Morgan fingerprint density at radius 2 is 2.00 bits per heavy atom. The largest absolute Gasteiger partial charge is 0.480 e. The lowest BCUT2D eigenvalue weighted by Crippen LogP contribution is -2.48. The van der Waals surface area contributed by atoms with Gasteiger partial charge in [0.05, 0.1) is 11.0 Å². The van der Waals surface area contributed by atoms with E-state index in [0.717, 1.165) is 0 Å². The van der Waals surface area contributed by atoms with Crippen LogP contribution in [-0.2, 0) is 14.6 Å². The molecule has 7 nitrogen and oxygen atoms in total. The molecule has 1 rings (SSSR count). The fourth-order valence-electron chi connectivity index (χ4n) is 2.20. The van der Waals surface area contributed by atoms with Crippen LogP contribution in [0.3, 0.4) is 0 Å². The van der Waals surface area contributed by atoms with Crippen molar-refractivity contribution in [3.63, 3.8) is 0 Å². The molecule has 2 amide bonds. The minimum atomic E-state index is -3.11. The SMILES string of the molecule is CC(C)CC(NC(=O)NCC1CCCS1(=O)=O)C(=O)O. The highest BCUT2D eigenvalue weighted by Crippen LogP contribution is 2.18. The number of rotatable bonds is 6. The second kappa shape index (κ2) is 6.92. The molecule has 1 heterocycles. The monoisotopic (exact) mass is 306 g/mol. The summed E-state index contributed by atoms with van der Waals surface area (Å²) in [4.78, 5) is 22.6. The first-order valence-electron chi connectivity index (χ1n) is 6.71. The van der Waals surface area contributed by atoms with Crippen molar-refractivity contribution < 1.29 is 23.1 Å². The summed E-state index contributed by atoms with van der Waals surface area (Å²) in [6.07, 6.45) is 1.48. The Bertz CT molecular complexity index is 460. The summed E-state index contributed by atoms with van der Waals surface area (Å²) in [5, 5.41) is 13.2. The fourth-order valence-corrected chi connectivity index (χ4v) is 3.96. The zero-order chi connectivity index (χ0) is 15.3. The highest BCUT2D eigenvalue weighted by molar-refractivity contribution is 7.92. The van der Waals surface area contributed by atoms with Crippen LogP contribution in [0.4, 0.5) is 4.79 Å². The van der Waals surface area contributed by atoms with Gasteiger partial charge in [-0.1, -0.05) is 13.8 Å². The lowest BCUT2D eigenvalue weighted by molar-refractivity contribution is -0.139. The molecule has 20 heavy (non-hydrogen) atoms. The van der Waals surface area contributed by atoms with E-state index in [0.29, 0.717) is 19.3 Å². The molecule has 0 spiro atoms. The molecule has 0 radical (unpaired) electrons. The highest BCUT2D eigenvalue weighted by atomic mass is 32.2. The van der Waals surface area contributed by atoms with E-state index in [9.17, 15) is 18.0 Å². The van der Waals surface area contributed by atoms with Gasteiger partial charge in [0.1, 0.15) is 6.04 Å². The van der Waals surface area contributed by atoms with Gasteiger partial charge in [-0.3, -0.25) is 0 Å². The van der Waals surface area contributed by atoms with E-state index < -0.39 is 33.1 Å². The maximum atomic E-state index is 11.6. The Kier molecular flexibility index (Phi) is 5.79. The van der Waals surface area contributed by atoms with Crippen molar-refractivity contribution >= 4 is 21.8 Å². The molecule has 2 unspecified atom stereocenters. The van der Waals surface area contributed by atoms with Crippen molar-refractivity contribution in [1.82, 2.24) is 10.6 Å². The molecular formula is C12H22N2O5S. The van der Waals surface area contributed by atoms with E-state index in [4.69, 9.17) is 5.11 Å². The van der Waals surface area contributed by atoms with Gasteiger partial charge in [0.15, 0.2) is 9.84 Å². The minimum absolute atomic E-state index is 0.0299. The number of aliphatic carboxylic acids is 1. The summed E-state index contributed by atoms with van der Waals surface area (Å²) in [5.41, 5.74) is 0. The molecule has 3 N–H and O–H groups in total. The Morgan fingerprint density at radius 1 is 1.35 bits per heavy atom. The molecule has 8 heteroatoms. The molecule has 0 aromatic heterocycles. The van der Waals surface area contributed by atoms with Crippen molar-refractivity contribution in [3.8, 4) is 0 Å². The number of hydrogen-bond donors (Lipinski definition) is 3. The van der Waals surface area contributed by atoms with Crippen LogP contribution >= 0.6 is 0 Å². The van der Waals surface area contributed by atoms with Crippen LogP contribution in [0, 0.1) is 5.92 Å². The highest BCUT2D eigenvalue weighted by Gasteiger charge is 2.31. The van der Waals surface area contributed by atoms with Crippen molar-refractivity contribution in [2.24, 2.45) is 5.92 Å². The summed E-state index contributed by atoms with van der Waals surface area (Å²) < 4.78 is 23.2. The second-order valence-corrected chi connectivity index (χ2v) is 7.91. The number of nitrogens with one attached hydrogen (secondary N) is 2. The van der Waals surface area contributed by atoms with Crippen LogP contribution in [0.25, 0.3) is 0 Å². The number of carbonyl (C=O) groups is 2. The number of amides is 2. The first-order chi connectivity index (χ1) is 9.22. The van der Waals surface area contributed by atoms with Crippen molar-refractivity contribution in [2.45, 2.75) is 44.4 Å². The fraction of sp³-hybridized carbons (Fsp3) is 0.833. The maximum absolute atomic E-state index is 11.6. The zero-order valence-corrected chi connectivity index (χ0v) is 12.6. The number of carboxylic acid groups (broad SMARTS) is 1. The molecule has 1 aliphatic heterocycles. The van der Waals surface area contributed by atoms with E-state index in [1.54, 1.807) is 0 Å². The number of carboxylic acids is 1. The van der Waals surface area contributed by atoms with Gasteiger partial charge in [0.2, 0.25) is 0 Å². The molecule has 1 fully saturated rings. The van der Waals surface area contributed by atoms with E-state index in [-0.39, 0.29) is 18.2 Å². The zero-order valence-electron chi connectivity index (χ0n) is 11.8. The van der Waals surface area contributed by atoms with Gasteiger partial charge in [-0.05, 0) is 25.2 Å². The van der Waals surface area contributed by atoms with Crippen LogP contribution in [0.2, 0.25) is 0 Å². The number of hydrogen-bond acceptors (Lipinski definition) is 4. The van der Waals surface area contributed by atoms with Gasteiger partial charge in [-0.2, -0.15) is 0 Å². The van der Waals surface area contributed by atoms with Crippen LogP contribution in [0.1, 0.15) is 33.1 Å². The number of carbonyl (C=O) groups excluding carboxylic acids is 1. The number of sulfone groups is 1. The maximum Gasteiger partial charge on any atom is 0.326 e. The van der Waals surface area contributed by atoms with E-state index in [2.05, 4.69) is 10.6 Å². The number of urea groups is 1. The Morgan fingerprint density at radius 3 is 2.45 bits per heavy atom. The predicted octanol–water partition coefficient (Wildman–Crippen LogP) is 0.362. The van der Waals surface area contributed by atoms with Crippen LogP contribution in [0.15, 0.2) is 0 Å². The Hall–Kier alpha value is -1.31. The molecule has 0 bridgehead atoms. The first kappa shape index (κ1) is 16.7. The van der Waals surface area contributed by atoms with Gasteiger partial charge in [-0.25, -0.2) is 18.0 Å². The standard InChI is InChI=1S/C12H22N2O5S/c1-8(2)6-10(11(15)16)14-12(17)13-7-9-4-3-5-20(9,18)19/h8-10H,3-7H2,1-2H3,(H,15,16)(H2,13,14,17). The topological polar surface area (TPSA) is 113 Å². The predicted molar refractivity (Wildman–Crippen MR) is 74.2 cm³/mol. The summed E-state index contributed by atoms with van der Waals surface area (Å²) in [5.74, 6) is -0.805. The molecule has 0 aromatic rings. The molecular weight excluding hydrogens is 284 g/mol. The van der Waals surface area contributed by atoms with E-state index in [1.165, 1.54) is 0 Å². The van der Waals surface area contributed by atoms with Crippen molar-refractivity contribution in [2.75, 3.05) is 12.3 Å². The molecule has 0 saturated carbocycles. The Balaban J connectivity index is 2.44. The molecule has 1 saturated heterocycles. The summed E-state index contributed by atoms with van der Waals surface area (Å²) >= 11 is 0. The quantitative estimate of drug-likeness (QED) is 0.656. The minimum Gasteiger partial charge on any atom is -0.480 e. The second-order valence-electron chi connectivity index (χ2n) is 5.51. The third kappa shape index (κ3) is 4.99. The normalized spacial score (nSPS) is 22.4. The summed E-state index contributed by atoms with van der Waals surface area (Å²) in [7, 11) is -3.11. The van der Waals surface area contributed by atoms with Gasteiger partial charge in [0, 0.05) is 6.54 Å². The third-order valence-electron chi connectivity index (χ3n) is 3.26. The van der Waals surface area contributed by atoms with Gasteiger partial charge in [-0.15, -0.1) is 0 Å². The average Bonchev–Trinajstić information content (AvgIpc) is 2.64. The third-order valence-corrected chi connectivity index (χ3v) is 5.54. The summed E-state index contributed by atoms with van der Waals surface area (Å²) in [6, 6.07) is -1.60. The summed E-state index contributed by atoms with van der Waals surface area (Å²) in [6.45, 7) is 3.75. The van der Waals surface area contributed by atoms with Gasteiger partial charge < -0.3 is 15.7 Å². The van der Waals surface area contributed by atoms with Gasteiger partial charge >= 0.3 is 12.0 Å². The van der Waals surface area contributed by atoms with Gasteiger partial charge in [0.25, 0.3) is 0 Å². The van der Waals surface area contributed by atoms with Crippen molar-refractivity contribution in [3.05, 3.63) is 0 Å². The molecule has 1 aliphatic rings. The van der Waals surface area contributed by atoms with Crippen LogP contribution in [0.5, 0.6) is 0 Å². The first-order valence-corrected chi connectivity index (χ1v) is 8.42. The lowest BCUT2D eigenvalue weighted by Gasteiger charge is -2.18. The lowest BCUT2D eigenvalue weighted by atomic mass is 10.0.